The van der Waals surface area contributed by atoms with Crippen molar-refractivity contribution in [2.75, 3.05) is 6.54 Å². The molecule has 1 atom stereocenters. The first-order chi connectivity index (χ1) is 18.4. The number of benzene rings is 2. The van der Waals surface area contributed by atoms with E-state index in [1.54, 1.807) is 23.5 Å². The zero-order valence-electron chi connectivity index (χ0n) is 22.4. The van der Waals surface area contributed by atoms with Crippen molar-refractivity contribution in [3.05, 3.63) is 69.0 Å². The molecule has 3 N–H and O–H groups in total. The van der Waals surface area contributed by atoms with E-state index in [-0.39, 0.29) is 23.9 Å². The molecule has 0 saturated heterocycles. The number of aliphatic hydroxyl groups is 1. The molecule has 0 radical (unpaired) electrons. The van der Waals surface area contributed by atoms with Crippen molar-refractivity contribution in [1.29, 1.82) is 0 Å². The van der Waals surface area contributed by atoms with Crippen LogP contribution in [0, 0.1) is 11.3 Å². The molecule has 1 aliphatic carbocycles. The molecular formula is C30H35BrN2O5S. The van der Waals surface area contributed by atoms with E-state index in [1.165, 1.54) is 0 Å². The van der Waals surface area contributed by atoms with Crippen LogP contribution >= 0.6 is 27.3 Å². The molecule has 4 rings (SSSR count). The van der Waals surface area contributed by atoms with Crippen molar-refractivity contribution in [2.45, 2.75) is 65.1 Å². The highest BCUT2D eigenvalue weighted by atomic mass is 79.9. The summed E-state index contributed by atoms with van der Waals surface area (Å²) in [5.74, 6) is -1.22. The summed E-state index contributed by atoms with van der Waals surface area (Å²) in [6.07, 6.45) is 2.40. The van der Waals surface area contributed by atoms with Crippen LogP contribution in [0.3, 0.4) is 0 Å². The van der Waals surface area contributed by atoms with Crippen LogP contribution in [-0.4, -0.2) is 51.6 Å². The third kappa shape index (κ3) is 7.07. The fraction of sp³-hybridized carbons (Fsp3) is 0.433. The SMILES string of the molecule is CC(C)(C)C1CCC(N(Cc2ccc(C(=O)NC[C@@H](O)C(=O)O)cc2)C(=O)c2csc3ccc(Br)cc23)CC1. The first-order valence-corrected chi connectivity index (χ1v) is 14.9. The monoisotopic (exact) mass is 614 g/mol. The third-order valence-corrected chi connectivity index (χ3v) is 9.16. The molecule has 39 heavy (non-hydrogen) atoms. The van der Waals surface area contributed by atoms with Gasteiger partial charge in [-0.1, -0.05) is 48.8 Å². The Kier molecular flexibility index (Phi) is 9.14. The van der Waals surface area contributed by atoms with E-state index >= 15 is 0 Å². The van der Waals surface area contributed by atoms with E-state index in [2.05, 4.69) is 42.0 Å². The molecule has 1 fully saturated rings. The number of hydrogen-bond acceptors (Lipinski definition) is 5. The van der Waals surface area contributed by atoms with Gasteiger partial charge in [-0.2, -0.15) is 0 Å². The van der Waals surface area contributed by atoms with Gasteiger partial charge in [-0.25, -0.2) is 4.79 Å². The van der Waals surface area contributed by atoms with Crippen LogP contribution in [0.2, 0.25) is 0 Å². The number of carbonyl (C=O) groups excluding carboxylic acids is 2. The number of fused-ring (bicyclic) bond motifs is 1. The number of carboxylic acid groups (broad SMARTS) is 1. The lowest BCUT2D eigenvalue weighted by molar-refractivity contribution is -0.146. The summed E-state index contributed by atoms with van der Waals surface area (Å²) in [7, 11) is 0. The van der Waals surface area contributed by atoms with Crippen LogP contribution < -0.4 is 5.32 Å². The average molecular weight is 616 g/mol. The van der Waals surface area contributed by atoms with E-state index in [9.17, 15) is 19.5 Å². The number of carbonyl (C=O) groups is 3. The van der Waals surface area contributed by atoms with Crippen molar-refractivity contribution >= 4 is 55.1 Å². The maximum Gasteiger partial charge on any atom is 0.334 e. The maximum absolute atomic E-state index is 14.1. The fourth-order valence-electron chi connectivity index (χ4n) is 5.28. The predicted octanol–water partition coefficient (Wildman–Crippen LogP) is 6.09. The smallest absolute Gasteiger partial charge is 0.334 e. The van der Waals surface area contributed by atoms with E-state index in [0.717, 1.165) is 45.8 Å². The number of hydrogen-bond donors (Lipinski definition) is 3. The first kappa shape index (κ1) is 29.2. The van der Waals surface area contributed by atoms with Gasteiger partial charge in [0, 0.05) is 38.1 Å². The Morgan fingerprint density at radius 1 is 1.08 bits per heavy atom. The predicted molar refractivity (Wildman–Crippen MR) is 157 cm³/mol. The Labute approximate surface area is 241 Å². The molecular weight excluding hydrogens is 580 g/mol. The number of nitrogens with one attached hydrogen (secondary N) is 1. The van der Waals surface area contributed by atoms with Crippen LogP contribution in [0.15, 0.2) is 52.3 Å². The van der Waals surface area contributed by atoms with Gasteiger partial charge in [0.2, 0.25) is 0 Å². The summed E-state index contributed by atoms with van der Waals surface area (Å²) >= 11 is 5.11. The zero-order valence-corrected chi connectivity index (χ0v) is 24.8. The summed E-state index contributed by atoms with van der Waals surface area (Å²) in [6, 6.07) is 13.1. The lowest BCUT2D eigenvalue weighted by Gasteiger charge is -2.41. The first-order valence-electron chi connectivity index (χ1n) is 13.2. The molecule has 2 amide bonds. The number of nitrogens with zero attached hydrogens (tertiary/aromatic N) is 1. The Hall–Kier alpha value is -2.75. The Morgan fingerprint density at radius 3 is 2.36 bits per heavy atom. The number of thiophene rings is 1. The summed E-state index contributed by atoms with van der Waals surface area (Å²) in [5.41, 5.74) is 2.21. The minimum absolute atomic E-state index is 0.0167. The Bertz CT molecular complexity index is 1340. The van der Waals surface area contributed by atoms with Gasteiger partial charge in [0.1, 0.15) is 0 Å². The number of aliphatic hydroxyl groups excluding tert-OH is 1. The lowest BCUT2D eigenvalue weighted by Crippen LogP contribution is -2.43. The molecule has 0 bridgehead atoms. The van der Waals surface area contributed by atoms with Crippen molar-refractivity contribution in [3.63, 3.8) is 0 Å². The lowest BCUT2D eigenvalue weighted by atomic mass is 9.71. The highest BCUT2D eigenvalue weighted by Crippen LogP contribution is 2.40. The van der Waals surface area contributed by atoms with Gasteiger partial charge in [0.15, 0.2) is 6.10 Å². The van der Waals surface area contributed by atoms with Gasteiger partial charge in [-0.3, -0.25) is 9.59 Å². The standard InChI is InChI=1S/C30H35BrN2O5S/c1-30(2,3)20-8-11-22(12-9-20)33(28(36)24-17-39-26-13-10-21(31)14-23(24)26)16-18-4-6-19(7-5-18)27(35)32-15-25(34)29(37)38/h4-7,10,13-14,17,20,22,25,34H,8-9,11-12,15-16H2,1-3H3,(H,32,35)(H,37,38)/t20?,22?,25-/m1/s1. The molecule has 2 aromatic carbocycles. The molecule has 0 aliphatic heterocycles. The van der Waals surface area contributed by atoms with Gasteiger partial charge in [0.05, 0.1) is 12.1 Å². The maximum atomic E-state index is 14.1. The highest BCUT2D eigenvalue weighted by molar-refractivity contribution is 9.10. The van der Waals surface area contributed by atoms with Crippen molar-refractivity contribution in [1.82, 2.24) is 10.2 Å². The van der Waals surface area contributed by atoms with E-state index in [1.807, 2.05) is 40.6 Å². The summed E-state index contributed by atoms with van der Waals surface area (Å²) in [6.45, 7) is 6.91. The normalized spacial score (nSPS) is 18.5. The van der Waals surface area contributed by atoms with Crippen molar-refractivity contribution < 1.29 is 24.6 Å². The number of aliphatic carboxylic acids is 1. The molecule has 1 aliphatic rings. The second-order valence-corrected chi connectivity index (χ2v) is 13.2. The highest BCUT2D eigenvalue weighted by Gasteiger charge is 2.34. The Morgan fingerprint density at radius 2 is 1.74 bits per heavy atom. The number of rotatable bonds is 8. The van der Waals surface area contributed by atoms with Crippen LogP contribution in [0.1, 0.15) is 72.7 Å². The summed E-state index contributed by atoms with van der Waals surface area (Å²) in [5, 5.41) is 23.5. The molecule has 3 aromatic rings. The van der Waals surface area contributed by atoms with E-state index in [4.69, 9.17) is 5.11 Å². The molecule has 208 valence electrons. The van der Waals surface area contributed by atoms with Crippen LogP contribution in [0.25, 0.3) is 10.1 Å². The van der Waals surface area contributed by atoms with Crippen molar-refractivity contribution in [2.24, 2.45) is 11.3 Å². The van der Waals surface area contributed by atoms with Gasteiger partial charge in [0.25, 0.3) is 11.8 Å². The van der Waals surface area contributed by atoms with Crippen LogP contribution in [0.5, 0.6) is 0 Å². The van der Waals surface area contributed by atoms with Gasteiger partial charge in [-0.15, -0.1) is 11.3 Å². The number of carboxylic acids is 1. The molecule has 0 spiro atoms. The third-order valence-electron chi connectivity index (χ3n) is 7.70. The van der Waals surface area contributed by atoms with Crippen LogP contribution in [-0.2, 0) is 11.3 Å². The molecule has 0 unspecified atom stereocenters. The van der Waals surface area contributed by atoms with E-state index in [0.29, 0.717) is 23.6 Å². The van der Waals surface area contributed by atoms with E-state index < -0.39 is 18.0 Å². The van der Waals surface area contributed by atoms with Gasteiger partial charge >= 0.3 is 5.97 Å². The largest absolute Gasteiger partial charge is 0.479 e. The fourth-order valence-corrected chi connectivity index (χ4v) is 6.56. The minimum Gasteiger partial charge on any atom is -0.479 e. The minimum atomic E-state index is -1.66. The second kappa shape index (κ2) is 12.2. The molecule has 7 nitrogen and oxygen atoms in total. The van der Waals surface area contributed by atoms with Crippen molar-refractivity contribution in [3.8, 4) is 0 Å². The number of amides is 2. The quantitative estimate of drug-likeness (QED) is 0.285. The molecule has 9 heteroatoms. The second-order valence-electron chi connectivity index (χ2n) is 11.4. The zero-order chi connectivity index (χ0) is 28.3. The topological polar surface area (TPSA) is 107 Å². The average Bonchev–Trinajstić information content (AvgIpc) is 3.32. The summed E-state index contributed by atoms with van der Waals surface area (Å²) < 4.78 is 2.01. The Balaban J connectivity index is 1.55. The van der Waals surface area contributed by atoms with Gasteiger partial charge in [-0.05, 0) is 72.9 Å². The van der Waals surface area contributed by atoms with Gasteiger partial charge < -0.3 is 20.4 Å². The molecule has 1 heterocycles. The number of halogens is 1. The van der Waals surface area contributed by atoms with Crippen LogP contribution in [0.4, 0.5) is 0 Å². The molecule has 1 saturated carbocycles. The summed E-state index contributed by atoms with van der Waals surface area (Å²) in [4.78, 5) is 39.3. The molecule has 1 aromatic heterocycles.